The number of nitrogens with one attached hydrogen (secondary N) is 1. The van der Waals surface area contributed by atoms with Gasteiger partial charge in [0.1, 0.15) is 0 Å². The predicted octanol–water partition coefficient (Wildman–Crippen LogP) is 4.81. The highest BCUT2D eigenvalue weighted by molar-refractivity contribution is 6.30. The van der Waals surface area contributed by atoms with Gasteiger partial charge in [-0.15, -0.1) is 0 Å². The Morgan fingerprint density at radius 2 is 1.68 bits per heavy atom. The fraction of sp³-hybridized carbons (Fsp3) is 0.294. The molecule has 0 bridgehead atoms. The van der Waals surface area contributed by atoms with Crippen LogP contribution in [-0.4, -0.2) is 0 Å². The van der Waals surface area contributed by atoms with E-state index in [0.717, 1.165) is 11.6 Å². The molecule has 1 atom stereocenters. The molecule has 2 aromatic carbocycles. The van der Waals surface area contributed by atoms with E-state index in [1.54, 1.807) is 0 Å². The summed E-state index contributed by atoms with van der Waals surface area (Å²) in [5, 5.41) is 4.32. The van der Waals surface area contributed by atoms with E-state index >= 15 is 0 Å². The highest BCUT2D eigenvalue weighted by Gasteiger charge is 2.05. The standard InChI is InChI=1S/C17H20ClN/c1-12-4-7-16(10-13(12)2)14(3)19-11-15-5-8-17(18)9-6-15/h4-10,14,19H,11H2,1-3H3. The molecule has 0 aliphatic rings. The van der Waals surface area contributed by atoms with E-state index in [1.165, 1.54) is 22.3 Å². The minimum atomic E-state index is 0.343. The van der Waals surface area contributed by atoms with Crippen LogP contribution in [0.5, 0.6) is 0 Å². The Kier molecular flexibility index (Phi) is 4.62. The molecule has 100 valence electrons. The van der Waals surface area contributed by atoms with Gasteiger partial charge in [0.05, 0.1) is 0 Å². The summed E-state index contributed by atoms with van der Waals surface area (Å²) in [5.41, 5.74) is 5.27. The first-order valence-electron chi connectivity index (χ1n) is 6.61. The van der Waals surface area contributed by atoms with Crippen LogP contribution in [0.1, 0.15) is 35.2 Å². The lowest BCUT2D eigenvalue weighted by Crippen LogP contribution is -2.18. The second-order valence-electron chi connectivity index (χ2n) is 5.07. The van der Waals surface area contributed by atoms with Crippen molar-refractivity contribution in [1.29, 1.82) is 0 Å². The Balaban J connectivity index is 1.98. The molecule has 1 unspecified atom stereocenters. The van der Waals surface area contributed by atoms with Crippen molar-refractivity contribution in [2.24, 2.45) is 0 Å². The fourth-order valence-electron chi connectivity index (χ4n) is 2.03. The molecule has 0 heterocycles. The van der Waals surface area contributed by atoms with Crippen LogP contribution in [0.15, 0.2) is 42.5 Å². The molecule has 0 fully saturated rings. The third kappa shape index (κ3) is 3.82. The van der Waals surface area contributed by atoms with Gasteiger partial charge in [-0.25, -0.2) is 0 Å². The van der Waals surface area contributed by atoms with Crippen molar-refractivity contribution in [1.82, 2.24) is 5.32 Å². The van der Waals surface area contributed by atoms with Crippen LogP contribution in [0.4, 0.5) is 0 Å². The summed E-state index contributed by atoms with van der Waals surface area (Å²) in [5.74, 6) is 0. The minimum Gasteiger partial charge on any atom is -0.306 e. The normalized spacial score (nSPS) is 12.4. The second-order valence-corrected chi connectivity index (χ2v) is 5.51. The van der Waals surface area contributed by atoms with Gasteiger partial charge in [-0.05, 0) is 55.2 Å². The molecule has 2 rings (SSSR count). The SMILES string of the molecule is Cc1ccc(C(C)NCc2ccc(Cl)cc2)cc1C. The molecule has 0 saturated heterocycles. The maximum absolute atomic E-state index is 5.88. The molecule has 19 heavy (non-hydrogen) atoms. The van der Waals surface area contributed by atoms with Gasteiger partial charge in [0.2, 0.25) is 0 Å². The number of rotatable bonds is 4. The van der Waals surface area contributed by atoms with Crippen LogP contribution in [0.25, 0.3) is 0 Å². The summed E-state index contributed by atoms with van der Waals surface area (Å²) >= 11 is 5.88. The number of aryl methyl sites for hydroxylation is 2. The van der Waals surface area contributed by atoms with Crippen molar-refractivity contribution in [3.63, 3.8) is 0 Å². The van der Waals surface area contributed by atoms with Crippen molar-refractivity contribution >= 4 is 11.6 Å². The predicted molar refractivity (Wildman–Crippen MR) is 82.6 cm³/mol. The van der Waals surface area contributed by atoms with E-state index in [9.17, 15) is 0 Å². The molecule has 0 aliphatic carbocycles. The Bertz CT molecular complexity index is 546. The highest BCUT2D eigenvalue weighted by Crippen LogP contribution is 2.17. The van der Waals surface area contributed by atoms with Gasteiger partial charge in [-0.2, -0.15) is 0 Å². The first-order chi connectivity index (χ1) is 9.06. The molecular formula is C17H20ClN. The summed E-state index contributed by atoms with van der Waals surface area (Å²) in [6, 6.07) is 15.0. The van der Waals surface area contributed by atoms with Crippen molar-refractivity contribution in [3.8, 4) is 0 Å². The van der Waals surface area contributed by atoms with Crippen LogP contribution < -0.4 is 5.32 Å². The average molecular weight is 274 g/mol. The third-order valence-corrected chi connectivity index (χ3v) is 3.81. The second kappa shape index (κ2) is 6.23. The number of hydrogen-bond acceptors (Lipinski definition) is 1. The van der Waals surface area contributed by atoms with Crippen LogP contribution in [-0.2, 0) is 6.54 Å². The van der Waals surface area contributed by atoms with Crippen LogP contribution in [0, 0.1) is 13.8 Å². The smallest absolute Gasteiger partial charge is 0.0406 e. The highest BCUT2D eigenvalue weighted by atomic mass is 35.5. The first-order valence-corrected chi connectivity index (χ1v) is 6.99. The van der Waals surface area contributed by atoms with Crippen LogP contribution in [0.3, 0.4) is 0 Å². The van der Waals surface area contributed by atoms with Gasteiger partial charge in [0, 0.05) is 17.6 Å². The Labute approximate surface area is 120 Å². The topological polar surface area (TPSA) is 12.0 Å². The lowest BCUT2D eigenvalue weighted by molar-refractivity contribution is 0.574. The monoisotopic (exact) mass is 273 g/mol. The Hall–Kier alpha value is -1.31. The molecule has 0 saturated carbocycles. The molecule has 0 spiro atoms. The van der Waals surface area contributed by atoms with Gasteiger partial charge in [-0.3, -0.25) is 0 Å². The summed E-state index contributed by atoms with van der Waals surface area (Å²) in [6.07, 6.45) is 0. The van der Waals surface area contributed by atoms with E-state index < -0.39 is 0 Å². The lowest BCUT2D eigenvalue weighted by atomic mass is 10.0. The zero-order chi connectivity index (χ0) is 13.8. The van der Waals surface area contributed by atoms with Gasteiger partial charge in [0.15, 0.2) is 0 Å². The quantitative estimate of drug-likeness (QED) is 0.843. The number of benzene rings is 2. The van der Waals surface area contributed by atoms with E-state index in [1.807, 2.05) is 12.1 Å². The van der Waals surface area contributed by atoms with Crippen LogP contribution >= 0.6 is 11.6 Å². The average Bonchev–Trinajstić information content (AvgIpc) is 2.41. The van der Waals surface area contributed by atoms with Crippen molar-refractivity contribution < 1.29 is 0 Å². The largest absolute Gasteiger partial charge is 0.306 e. The Morgan fingerprint density at radius 3 is 2.32 bits per heavy atom. The van der Waals surface area contributed by atoms with Crippen LogP contribution in [0.2, 0.25) is 5.02 Å². The molecule has 0 aromatic heterocycles. The molecule has 2 heteroatoms. The summed E-state index contributed by atoms with van der Waals surface area (Å²) in [4.78, 5) is 0. The number of hydrogen-bond donors (Lipinski definition) is 1. The summed E-state index contributed by atoms with van der Waals surface area (Å²) in [7, 11) is 0. The van der Waals surface area contributed by atoms with E-state index in [-0.39, 0.29) is 0 Å². The fourth-order valence-corrected chi connectivity index (χ4v) is 2.15. The molecule has 1 nitrogen and oxygen atoms in total. The molecular weight excluding hydrogens is 254 g/mol. The van der Waals surface area contributed by atoms with Gasteiger partial charge in [0.25, 0.3) is 0 Å². The van der Waals surface area contributed by atoms with Gasteiger partial charge >= 0.3 is 0 Å². The maximum Gasteiger partial charge on any atom is 0.0406 e. The Morgan fingerprint density at radius 1 is 1.00 bits per heavy atom. The summed E-state index contributed by atoms with van der Waals surface area (Å²) in [6.45, 7) is 7.35. The molecule has 0 aliphatic heterocycles. The first kappa shape index (κ1) is 14.1. The molecule has 0 radical (unpaired) electrons. The number of halogens is 1. The summed E-state index contributed by atoms with van der Waals surface area (Å²) < 4.78 is 0. The molecule has 0 amide bonds. The van der Waals surface area contributed by atoms with E-state index in [2.05, 4.69) is 56.4 Å². The zero-order valence-corrected chi connectivity index (χ0v) is 12.5. The van der Waals surface area contributed by atoms with Crippen molar-refractivity contribution in [2.45, 2.75) is 33.4 Å². The van der Waals surface area contributed by atoms with Crippen molar-refractivity contribution in [3.05, 3.63) is 69.7 Å². The maximum atomic E-state index is 5.88. The molecule has 2 aromatic rings. The van der Waals surface area contributed by atoms with Gasteiger partial charge in [-0.1, -0.05) is 41.9 Å². The van der Waals surface area contributed by atoms with E-state index in [0.29, 0.717) is 6.04 Å². The third-order valence-electron chi connectivity index (χ3n) is 3.56. The van der Waals surface area contributed by atoms with Crippen molar-refractivity contribution in [2.75, 3.05) is 0 Å². The minimum absolute atomic E-state index is 0.343. The zero-order valence-electron chi connectivity index (χ0n) is 11.7. The molecule has 1 N–H and O–H groups in total. The van der Waals surface area contributed by atoms with E-state index in [4.69, 9.17) is 11.6 Å². The lowest BCUT2D eigenvalue weighted by Gasteiger charge is -2.15. The van der Waals surface area contributed by atoms with Gasteiger partial charge < -0.3 is 5.32 Å².